The highest BCUT2D eigenvalue weighted by molar-refractivity contribution is 7.22. The van der Waals surface area contributed by atoms with E-state index in [2.05, 4.69) is 18.3 Å². The second-order valence-electron chi connectivity index (χ2n) is 7.04. The molecule has 138 valence electrons. The number of carbonyl (C=O) groups is 1. The molecule has 2 aromatic heterocycles. The Balaban J connectivity index is 1.67. The van der Waals surface area contributed by atoms with Gasteiger partial charge in [-0.3, -0.25) is 4.79 Å². The number of thiophene rings is 2. The maximum Gasteiger partial charge on any atom is 0.267 e. The number of aryl methyl sites for hydroxylation is 1. The topological polar surface area (TPSA) is 52.9 Å². The molecule has 1 N–H and O–H groups in total. The van der Waals surface area contributed by atoms with Crippen LogP contribution in [0.25, 0.3) is 10.1 Å². The number of nitriles is 1. The van der Waals surface area contributed by atoms with E-state index in [0.29, 0.717) is 26.4 Å². The summed E-state index contributed by atoms with van der Waals surface area (Å²) in [5, 5.41) is 14.7. The molecular weight excluding hydrogens is 396 g/mol. The van der Waals surface area contributed by atoms with Gasteiger partial charge in [-0.15, -0.1) is 22.7 Å². The molecule has 4 rings (SSSR count). The van der Waals surface area contributed by atoms with Gasteiger partial charge in [-0.25, -0.2) is 0 Å². The molecule has 1 aromatic carbocycles. The van der Waals surface area contributed by atoms with E-state index in [1.54, 1.807) is 11.3 Å². The lowest BCUT2D eigenvalue weighted by Crippen LogP contribution is -2.12. The summed E-state index contributed by atoms with van der Waals surface area (Å²) in [4.78, 5) is 14.7. The lowest BCUT2D eigenvalue weighted by molar-refractivity contribution is 0.103. The Morgan fingerprint density at radius 1 is 1.41 bits per heavy atom. The fraction of sp³-hybridized carbons (Fsp3) is 0.333. The normalized spacial score (nSPS) is 16.1. The van der Waals surface area contributed by atoms with Crippen LogP contribution in [0.3, 0.4) is 0 Å². The maximum atomic E-state index is 12.9. The highest BCUT2D eigenvalue weighted by atomic mass is 35.5. The van der Waals surface area contributed by atoms with Crippen molar-refractivity contribution in [3.63, 3.8) is 0 Å². The Morgan fingerprint density at radius 2 is 2.22 bits per heavy atom. The molecule has 3 nitrogen and oxygen atoms in total. The van der Waals surface area contributed by atoms with E-state index >= 15 is 0 Å². The smallest absolute Gasteiger partial charge is 0.267 e. The lowest BCUT2D eigenvalue weighted by Gasteiger charge is -2.20. The lowest BCUT2D eigenvalue weighted by atomic mass is 9.86. The molecule has 0 fully saturated rings. The van der Waals surface area contributed by atoms with Gasteiger partial charge in [0.2, 0.25) is 0 Å². The number of carbonyl (C=O) groups excluding carboxylic acids is 1. The summed E-state index contributed by atoms with van der Waals surface area (Å²) in [5.74, 6) is 0.438. The largest absolute Gasteiger partial charge is 0.312 e. The summed E-state index contributed by atoms with van der Waals surface area (Å²) >= 11 is 9.42. The molecule has 3 aromatic rings. The molecule has 0 saturated carbocycles. The van der Waals surface area contributed by atoms with Gasteiger partial charge in [-0.2, -0.15) is 5.26 Å². The van der Waals surface area contributed by atoms with Crippen molar-refractivity contribution in [3.8, 4) is 6.07 Å². The van der Waals surface area contributed by atoms with E-state index in [1.807, 2.05) is 25.1 Å². The number of nitrogens with one attached hydrogen (secondary N) is 1. The minimum absolute atomic E-state index is 0.235. The second kappa shape index (κ2) is 7.27. The molecule has 6 heteroatoms. The SMILES string of the molecule is CC[C@H]1CCc2c(sc(NC(=O)c3sc4cc(C)ccc4c3Cl)c2C#N)C1. The van der Waals surface area contributed by atoms with E-state index < -0.39 is 0 Å². The van der Waals surface area contributed by atoms with Gasteiger partial charge >= 0.3 is 0 Å². The van der Waals surface area contributed by atoms with E-state index in [4.69, 9.17) is 11.6 Å². The van der Waals surface area contributed by atoms with Crippen molar-refractivity contribution in [1.82, 2.24) is 0 Å². The van der Waals surface area contributed by atoms with Crippen LogP contribution in [0.1, 0.15) is 51.0 Å². The van der Waals surface area contributed by atoms with Crippen LogP contribution in [0.15, 0.2) is 18.2 Å². The van der Waals surface area contributed by atoms with Crippen molar-refractivity contribution < 1.29 is 4.79 Å². The number of amides is 1. The molecule has 0 unspecified atom stereocenters. The standard InChI is InChI=1S/C21H19ClN2OS2/c1-3-12-5-7-13-15(10-23)21(27-17(13)9-12)24-20(25)19-18(22)14-6-4-11(2)8-16(14)26-19/h4,6,8,12H,3,5,7,9H2,1-2H3,(H,24,25)/t12-/m0/s1. The summed E-state index contributed by atoms with van der Waals surface area (Å²) < 4.78 is 1.00. The maximum absolute atomic E-state index is 12.9. The predicted molar refractivity (Wildman–Crippen MR) is 114 cm³/mol. The van der Waals surface area contributed by atoms with Gasteiger partial charge in [0.1, 0.15) is 15.9 Å². The van der Waals surface area contributed by atoms with Crippen molar-refractivity contribution in [2.75, 3.05) is 5.32 Å². The Morgan fingerprint density at radius 3 is 2.96 bits per heavy atom. The van der Waals surface area contributed by atoms with E-state index in [0.717, 1.165) is 46.9 Å². The van der Waals surface area contributed by atoms with Crippen LogP contribution in [-0.2, 0) is 12.8 Å². The minimum Gasteiger partial charge on any atom is -0.312 e. The van der Waals surface area contributed by atoms with E-state index in [1.165, 1.54) is 16.2 Å². The summed E-state index contributed by atoms with van der Waals surface area (Å²) in [7, 11) is 0. The second-order valence-corrected chi connectivity index (χ2v) is 9.57. The monoisotopic (exact) mass is 414 g/mol. The highest BCUT2D eigenvalue weighted by Crippen LogP contribution is 2.41. The molecule has 0 radical (unpaired) electrons. The number of halogens is 1. The van der Waals surface area contributed by atoms with Gasteiger partial charge in [0.05, 0.1) is 10.6 Å². The highest BCUT2D eigenvalue weighted by Gasteiger charge is 2.27. The Labute approximate surface area is 171 Å². The van der Waals surface area contributed by atoms with Crippen molar-refractivity contribution in [2.45, 2.75) is 39.5 Å². The number of benzene rings is 1. The molecule has 27 heavy (non-hydrogen) atoms. The Bertz CT molecular complexity index is 1090. The van der Waals surface area contributed by atoms with Gasteiger partial charge in [-0.05, 0) is 49.3 Å². The Kier molecular flexibility index (Phi) is 4.98. The van der Waals surface area contributed by atoms with Gasteiger partial charge in [0.25, 0.3) is 5.91 Å². The van der Waals surface area contributed by atoms with Crippen molar-refractivity contribution in [3.05, 3.63) is 49.7 Å². The van der Waals surface area contributed by atoms with Crippen LogP contribution in [0, 0.1) is 24.2 Å². The predicted octanol–water partition coefficient (Wildman–Crippen LogP) is 6.56. The Hall–Kier alpha value is -1.87. The number of anilines is 1. The summed E-state index contributed by atoms with van der Waals surface area (Å²) in [6.45, 7) is 4.23. The first kappa shape index (κ1) is 18.5. The minimum atomic E-state index is -0.235. The first-order valence-electron chi connectivity index (χ1n) is 9.06. The van der Waals surface area contributed by atoms with Gasteiger partial charge in [0, 0.05) is 15.0 Å². The van der Waals surface area contributed by atoms with Gasteiger partial charge < -0.3 is 5.32 Å². The number of fused-ring (bicyclic) bond motifs is 2. The number of rotatable bonds is 3. The summed E-state index contributed by atoms with van der Waals surface area (Å²) in [6.07, 6.45) is 4.19. The molecule has 1 aliphatic rings. The third-order valence-electron chi connectivity index (χ3n) is 5.27. The molecule has 0 bridgehead atoms. The van der Waals surface area contributed by atoms with Crippen LogP contribution in [0.5, 0.6) is 0 Å². The molecule has 0 saturated heterocycles. The molecule has 1 atom stereocenters. The third-order valence-corrected chi connectivity index (χ3v) is 8.10. The van der Waals surface area contributed by atoms with Crippen LogP contribution in [-0.4, -0.2) is 5.91 Å². The van der Waals surface area contributed by atoms with Crippen LogP contribution < -0.4 is 5.32 Å². The van der Waals surface area contributed by atoms with E-state index in [9.17, 15) is 10.1 Å². The molecule has 1 amide bonds. The number of hydrogen-bond donors (Lipinski definition) is 1. The summed E-state index contributed by atoms with van der Waals surface area (Å²) in [6, 6.07) is 8.30. The fourth-order valence-electron chi connectivity index (χ4n) is 3.69. The zero-order valence-corrected chi connectivity index (χ0v) is 17.6. The number of nitrogens with zero attached hydrogens (tertiary/aromatic N) is 1. The number of hydrogen-bond acceptors (Lipinski definition) is 4. The van der Waals surface area contributed by atoms with Gasteiger partial charge in [-0.1, -0.05) is 37.1 Å². The zero-order chi connectivity index (χ0) is 19.1. The first-order valence-corrected chi connectivity index (χ1v) is 11.1. The summed E-state index contributed by atoms with van der Waals surface area (Å²) in [5.41, 5.74) is 2.89. The quantitative estimate of drug-likeness (QED) is 0.527. The van der Waals surface area contributed by atoms with Gasteiger partial charge in [0.15, 0.2) is 0 Å². The third kappa shape index (κ3) is 3.27. The molecule has 0 spiro atoms. The first-order chi connectivity index (χ1) is 13.0. The van der Waals surface area contributed by atoms with Crippen molar-refractivity contribution >= 4 is 55.3 Å². The van der Waals surface area contributed by atoms with Crippen LogP contribution in [0.4, 0.5) is 5.00 Å². The fourth-order valence-corrected chi connectivity index (χ4v) is 6.51. The van der Waals surface area contributed by atoms with Crippen molar-refractivity contribution in [1.29, 1.82) is 5.26 Å². The molecule has 1 aliphatic carbocycles. The molecule has 2 heterocycles. The molecule has 0 aliphatic heterocycles. The van der Waals surface area contributed by atoms with Crippen LogP contribution in [0.2, 0.25) is 5.02 Å². The molecular formula is C21H19ClN2OS2. The zero-order valence-electron chi connectivity index (χ0n) is 15.2. The average molecular weight is 415 g/mol. The van der Waals surface area contributed by atoms with E-state index in [-0.39, 0.29) is 5.91 Å². The van der Waals surface area contributed by atoms with Crippen molar-refractivity contribution in [2.24, 2.45) is 5.92 Å². The van der Waals surface area contributed by atoms with Crippen LogP contribution >= 0.6 is 34.3 Å². The average Bonchev–Trinajstić information content (AvgIpc) is 3.17.